The molecular formula is C21H26N2O5S. The predicted octanol–water partition coefficient (Wildman–Crippen LogP) is 3.58. The molecular weight excluding hydrogens is 392 g/mol. The number of rotatable bonds is 5. The van der Waals surface area contributed by atoms with Crippen LogP contribution in [0.3, 0.4) is 0 Å². The van der Waals surface area contributed by atoms with E-state index in [0.29, 0.717) is 28.8 Å². The number of nitrogens with zero attached hydrogens (tertiary/aromatic N) is 1. The number of nitrogens with one attached hydrogen (secondary N) is 1. The smallest absolute Gasteiger partial charge is 0.263 e. The standard InChI is InChI=1S/C21H26N2O5S/c1-21(27-8-9-28-21)20-22-12-18(29-20)19(24)23-15-7-5-4-6-13-10-16(25-2)17(26-3)11-14(13)15/h10-12,15H,4-9H2,1-3H3,(H,23,24). The van der Waals surface area contributed by atoms with E-state index in [-0.39, 0.29) is 11.9 Å². The molecule has 1 aliphatic carbocycles. The minimum absolute atomic E-state index is 0.0834. The van der Waals surface area contributed by atoms with Crippen LogP contribution in [0.15, 0.2) is 18.3 Å². The Kier molecular flexibility index (Phi) is 5.76. The highest BCUT2D eigenvalue weighted by Crippen LogP contribution is 2.38. The Labute approximate surface area is 174 Å². The minimum Gasteiger partial charge on any atom is -0.493 e. The van der Waals surface area contributed by atoms with Crippen LogP contribution >= 0.6 is 11.3 Å². The number of ether oxygens (including phenoxy) is 4. The number of aromatic nitrogens is 1. The molecule has 0 saturated carbocycles. The summed E-state index contributed by atoms with van der Waals surface area (Å²) in [5, 5.41) is 3.85. The summed E-state index contributed by atoms with van der Waals surface area (Å²) >= 11 is 1.31. The van der Waals surface area contributed by atoms with Crippen molar-refractivity contribution in [2.45, 2.75) is 44.4 Å². The number of hydrogen-bond acceptors (Lipinski definition) is 7. The second-order valence-electron chi connectivity index (χ2n) is 7.35. The van der Waals surface area contributed by atoms with Crippen molar-refractivity contribution in [3.63, 3.8) is 0 Å². The molecule has 2 aromatic rings. The lowest BCUT2D eigenvalue weighted by molar-refractivity contribution is -0.149. The molecule has 1 aromatic heterocycles. The van der Waals surface area contributed by atoms with Gasteiger partial charge in [-0.1, -0.05) is 6.42 Å². The van der Waals surface area contributed by atoms with Crippen LogP contribution < -0.4 is 14.8 Å². The van der Waals surface area contributed by atoms with E-state index >= 15 is 0 Å². The first-order valence-electron chi connectivity index (χ1n) is 9.84. The Balaban J connectivity index is 1.57. The minimum atomic E-state index is -0.859. The summed E-state index contributed by atoms with van der Waals surface area (Å²) in [6.45, 7) is 2.89. The molecule has 1 saturated heterocycles. The van der Waals surface area contributed by atoms with Crippen LogP contribution in [0.5, 0.6) is 11.5 Å². The molecule has 0 bridgehead atoms. The summed E-state index contributed by atoms with van der Waals surface area (Å²) in [6.07, 6.45) is 5.55. The van der Waals surface area contributed by atoms with Crippen molar-refractivity contribution in [1.29, 1.82) is 0 Å². The summed E-state index contributed by atoms with van der Waals surface area (Å²) in [4.78, 5) is 17.9. The van der Waals surface area contributed by atoms with Crippen LogP contribution in [0.25, 0.3) is 0 Å². The first-order valence-corrected chi connectivity index (χ1v) is 10.7. The molecule has 4 rings (SSSR count). The molecule has 1 aromatic carbocycles. The van der Waals surface area contributed by atoms with E-state index in [1.165, 1.54) is 16.9 Å². The van der Waals surface area contributed by atoms with Gasteiger partial charge in [0.25, 0.3) is 5.91 Å². The number of carbonyl (C=O) groups is 1. The number of methoxy groups -OCH3 is 2. The molecule has 1 atom stereocenters. The van der Waals surface area contributed by atoms with Crippen LogP contribution in [0, 0.1) is 0 Å². The molecule has 1 fully saturated rings. The van der Waals surface area contributed by atoms with Crippen molar-refractivity contribution in [1.82, 2.24) is 10.3 Å². The molecule has 0 radical (unpaired) electrons. The molecule has 2 heterocycles. The summed E-state index contributed by atoms with van der Waals surface area (Å²) < 4.78 is 22.2. The van der Waals surface area contributed by atoms with Crippen molar-refractivity contribution < 1.29 is 23.7 Å². The average Bonchev–Trinajstić information content (AvgIpc) is 3.36. The van der Waals surface area contributed by atoms with E-state index in [0.717, 1.165) is 37.0 Å². The second kappa shape index (κ2) is 8.30. The third-order valence-corrected chi connectivity index (χ3v) is 6.65. The SMILES string of the molecule is COc1cc2c(cc1OC)C(NC(=O)c1cnc(C3(C)OCCO3)s1)CCCC2. The lowest BCUT2D eigenvalue weighted by atomic mass is 9.98. The maximum atomic E-state index is 13.0. The van der Waals surface area contributed by atoms with Gasteiger partial charge in [-0.3, -0.25) is 4.79 Å². The summed E-state index contributed by atoms with van der Waals surface area (Å²) in [5.41, 5.74) is 2.28. The molecule has 0 spiro atoms. The molecule has 156 valence electrons. The Morgan fingerprint density at radius 2 is 1.93 bits per heavy atom. The molecule has 1 N–H and O–H groups in total. The normalized spacial score (nSPS) is 20.6. The van der Waals surface area contributed by atoms with E-state index in [4.69, 9.17) is 18.9 Å². The van der Waals surface area contributed by atoms with Crippen molar-refractivity contribution in [2.24, 2.45) is 0 Å². The summed E-state index contributed by atoms with van der Waals surface area (Å²) in [7, 11) is 3.26. The fourth-order valence-electron chi connectivity index (χ4n) is 3.90. The third kappa shape index (κ3) is 3.97. The fraction of sp³-hybridized carbons (Fsp3) is 0.524. The van der Waals surface area contributed by atoms with E-state index in [9.17, 15) is 4.79 Å². The quantitative estimate of drug-likeness (QED) is 0.748. The van der Waals surface area contributed by atoms with Gasteiger partial charge in [0.1, 0.15) is 4.88 Å². The Morgan fingerprint density at radius 3 is 2.66 bits per heavy atom. The first-order chi connectivity index (χ1) is 14.0. The van der Waals surface area contributed by atoms with Crippen LogP contribution in [0.4, 0.5) is 0 Å². The number of fused-ring (bicyclic) bond motifs is 1. The fourth-order valence-corrected chi connectivity index (χ4v) is 4.78. The van der Waals surface area contributed by atoms with Crippen molar-refractivity contribution >= 4 is 17.2 Å². The number of hydrogen-bond donors (Lipinski definition) is 1. The number of aryl methyl sites for hydroxylation is 1. The number of thiazole rings is 1. The Hall–Kier alpha value is -2.16. The molecule has 29 heavy (non-hydrogen) atoms. The van der Waals surface area contributed by atoms with Crippen LogP contribution in [-0.4, -0.2) is 38.3 Å². The summed E-state index contributed by atoms with van der Waals surface area (Å²) in [6, 6.07) is 3.93. The van der Waals surface area contributed by atoms with Crippen LogP contribution in [0.2, 0.25) is 0 Å². The van der Waals surface area contributed by atoms with E-state index in [1.807, 2.05) is 19.1 Å². The zero-order valence-corrected chi connectivity index (χ0v) is 17.8. The Morgan fingerprint density at radius 1 is 1.21 bits per heavy atom. The zero-order valence-electron chi connectivity index (χ0n) is 16.9. The van der Waals surface area contributed by atoms with Gasteiger partial charge in [-0.15, -0.1) is 11.3 Å². The highest BCUT2D eigenvalue weighted by Gasteiger charge is 2.37. The highest BCUT2D eigenvalue weighted by molar-refractivity contribution is 7.13. The lowest BCUT2D eigenvalue weighted by Gasteiger charge is -2.21. The molecule has 7 nitrogen and oxygen atoms in total. The number of carbonyl (C=O) groups excluding carboxylic acids is 1. The van der Waals surface area contributed by atoms with Gasteiger partial charge < -0.3 is 24.3 Å². The molecule has 2 aliphatic rings. The van der Waals surface area contributed by atoms with E-state index in [1.54, 1.807) is 20.4 Å². The highest BCUT2D eigenvalue weighted by atomic mass is 32.1. The summed E-state index contributed by atoms with van der Waals surface area (Å²) in [5.74, 6) is 0.399. The zero-order chi connectivity index (χ0) is 20.4. The van der Waals surface area contributed by atoms with E-state index in [2.05, 4.69) is 10.3 Å². The third-order valence-electron chi connectivity index (χ3n) is 5.47. The topological polar surface area (TPSA) is 78.9 Å². The maximum absolute atomic E-state index is 13.0. The monoisotopic (exact) mass is 418 g/mol. The molecule has 8 heteroatoms. The lowest BCUT2D eigenvalue weighted by Crippen LogP contribution is -2.28. The Bertz CT molecular complexity index is 891. The van der Waals surface area contributed by atoms with Gasteiger partial charge in [-0.25, -0.2) is 4.98 Å². The molecule has 1 amide bonds. The largest absolute Gasteiger partial charge is 0.493 e. The molecule has 1 aliphatic heterocycles. The second-order valence-corrected chi connectivity index (χ2v) is 8.38. The van der Waals surface area contributed by atoms with Crippen molar-refractivity contribution in [2.75, 3.05) is 27.4 Å². The predicted molar refractivity (Wildman–Crippen MR) is 109 cm³/mol. The van der Waals surface area contributed by atoms with Crippen molar-refractivity contribution in [3.8, 4) is 11.5 Å². The van der Waals surface area contributed by atoms with Gasteiger partial charge in [0, 0.05) is 0 Å². The van der Waals surface area contributed by atoms with Gasteiger partial charge in [0.05, 0.1) is 39.7 Å². The van der Waals surface area contributed by atoms with Crippen molar-refractivity contribution in [3.05, 3.63) is 39.3 Å². The van der Waals surface area contributed by atoms with Gasteiger partial charge in [0.2, 0.25) is 5.79 Å². The van der Waals surface area contributed by atoms with Crippen LogP contribution in [0.1, 0.15) is 58.0 Å². The van der Waals surface area contributed by atoms with Gasteiger partial charge in [0.15, 0.2) is 16.5 Å². The first kappa shape index (κ1) is 20.1. The van der Waals surface area contributed by atoms with Gasteiger partial charge in [-0.05, 0) is 49.4 Å². The van der Waals surface area contributed by atoms with Gasteiger partial charge >= 0.3 is 0 Å². The maximum Gasteiger partial charge on any atom is 0.263 e. The van der Waals surface area contributed by atoms with E-state index < -0.39 is 5.79 Å². The average molecular weight is 419 g/mol. The van der Waals surface area contributed by atoms with Crippen LogP contribution in [-0.2, 0) is 21.7 Å². The number of amides is 1. The van der Waals surface area contributed by atoms with Gasteiger partial charge in [-0.2, -0.15) is 0 Å². The number of benzene rings is 1. The molecule has 1 unspecified atom stereocenters.